The van der Waals surface area contributed by atoms with Crippen molar-refractivity contribution in [2.75, 3.05) is 0 Å². The Bertz CT molecular complexity index is 1340. The minimum absolute atomic E-state index is 0.156. The normalized spacial score (nSPS) is 16.1. The van der Waals surface area contributed by atoms with E-state index in [0.717, 1.165) is 16.5 Å². The van der Waals surface area contributed by atoms with E-state index >= 15 is 0 Å². The lowest BCUT2D eigenvalue weighted by Gasteiger charge is -2.07. The van der Waals surface area contributed by atoms with Crippen molar-refractivity contribution in [1.82, 2.24) is 10.3 Å². The monoisotopic (exact) mass is 432 g/mol. The van der Waals surface area contributed by atoms with E-state index in [1.165, 1.54) is 0 Å². The highest BCUT2D eigenvalue weighted by molar-refractivity contribution is 8.26. The van der Waals surface area contributed by atoms with Gasteiger partial charge in [0.15, 0.2) is 11.5 Å². The van der Waals surface area contributed by atoms with Gasteiger partial charge in [0.1, 0.15) is 17.4 Å². The maximum absolute atomic E-state index is 13.0. The summed E-state index contributed by atoms with van der Waals surface area (Å²) >= 11 is 0.691. The number of carbonyl (C=O) groups is 3. The fraction of sp³-hybridized carbons (Fsp3) is 0.130. The van der Waals surface area contributed by atoms with E-state index in [-0.39, 0.29) is 27.6 Å². The quantitative estimate of drug-likeness (QED) is 0.463. The van der Waals surface area contributed by atoms with Crippen LogP contribution in [0, 0.1) is 6.92 Å². The SMILES string of the molecule is Cc1oc(-c2ccccc2)nc1C(=O)c1cc2cc(CC3NC(=O)SC3=O)ccc2o1. The van der Waals surface area contributed by atoms with E-state index in [0.29, 0.717) is 35.4 Å². The number of fused-ring (bicyclic) bond motifs is 1. The molecule has 4 aromatic rings. The lowest BCUT2D eigenvalue weighted by Crippen LogP contribution is -2.30. The molecule has 7 nitrogen and oxygen atoms in total. The van der Waals surface area contributed by atoms with Gasteiger partial charge in [0.25, 0.3) is 5.24 Å². The Morgan fingerprint density at radius 3 is 2.65 bits per heavy atom. The van der Waals surface area contributed by atoms with Crippen molar-refractivity contribution in [3.8, 4) is 11.5 Å². The molecule has 154 valence electrons. The van der Waals surface area contributed by atoms with Crippen LogP contribution in [-0.2, 0) is 11.2 Å². The summed E-state index contributed by atoms with van der Waals surface area (Å²) in [5, 5.41) is 2.86. The van der Waals surface area contributed by atoms with E-state index in [1.54, 1.807) is 19.1 Å². The molecule has 0 aliphatic carbocycles. The molecule has 2 aromatic carbocycles. The number of ketones is 1. The molecule has 31 heavy (non-hydrogen) atoms. The third-order valence-electron chi connectivity index (χ3n) is 5.05. The first kappa shape index (κ1) is 19.3. The Labute approximate surface area is 180 Å². The number of aryl methyl sites for hydroxylation is 1. The van der Waals surface area contributed by atoms with E-state index in [4.69, 9.17) is 8.83 Å². The average Bonchev–Trinajstić information content (AvgIpc) is 3.44. The smallest absolute Gasteiger partial charge is 0.287 e. The van der Waals surface area contributed by atoms with Gasteiger partial charge in [-0.15, -0.1) is 0 Å². The maximum Gasteiger partial charge on any atom is 0.287 e. The van der Waals surface area contributed by atoms with Crippen LogP contribution in [0.2, 0.25) is 0 Å². The predicted octanol–water partition coefficient (Wildman–Crippen LogP) is 4.52. The lowest BCUT2D eigenvalue weighted by molar-refractivity contribution is -0.112. The maximum atomic E-state index is 13.0. The number of oxazole rings is 1. The highest BCUT2D eigenvalue weighted by Crippen LogP contribution is 2.27. The van der Waals surface area contributed by atoms with Gasteiger partial charge in [0.05, 0.1) is 0 Å². The van der Waals surface area contributed by atoms with Gasteiger partial charge in [-0.2, -0.15) is 0 Å². The molecule has 3 heterocycles. The summed E-state index contributed by atoms with van der Waals surface area (Å²) in [5.41, 5.74) is 2.39. The van der Waals surface area contributed by atoms with Crippen LogP contribution in [0.4, 0.5) is 4.79 Å². The van der Waals surface area contributed by atoms with Crippen LogP contribution in [-0.4, -0.2) is 27.2 Å². The molecule has 0 radical (unpaired) electrons. The summed E-state index contributed by atoms with van der Waals surface area (Å²) in [6, 6.07) is 15.9. The molecule has 1 fully saturated rings. The fourth-order valence-electron chi connectivity index (χ4n) is 3.52. The fourth-order valence-corrected chi connectivity index (χ4v) is 4.19. The Kier molecular flexibility index (Phi) is 4.71. The second-order valence-corrected chi connectivity index (χ2v) is 8.19. The van der Waals surface area contributed by atoms with Gasteiger partial charge in [-0.3, -0.25) is 14.4 Å². The van der Waals surface area contributed by atoms with E-state index in [2.05, 4.69) is 10.3 Å². The summed E-state index contributed by atoms with van der Waals surface area (Å²) in [4.78, 5) is 40.6. The van der Waals surface area contributed by atoms with E-state index in [9.17, 15) is 14.4 Å². The molecule has 8 heteroatoms. The molecular weight excluding hydrogens is 416 g/mol. The number of aromatic nitrogens is 1. The molecule has 1 aliphatic rings. The van der Waals surface area contributed by atoms with Gasteiger partial charge in [-0.25, -0.2) is 4.98 Å². The molecule has 1 saturated heterocycles. The number of nitrogens with one attached hydrogen (secondary N) is 1. The highest BCUT2D eigenvalue weighted by Gasteiger charge is 2.31. The van der Waals surface area contributed by atoms with Gasteiger partial charge in [-0.1, -0.05) is 24.3 Å². The molecule has 2 aromatic heterocycles. The number of carbonyl (C=O) groups excluding carboxylic acids is 3. The first-order chi connectivity index (χ1) is 15.0. The second-order valence-electron chi connectivity index (χ2n) is 7.21. The third-order valence-corrected chi connectivity index (χ3v) is 5.84. The van der Waals surface area contributed by atoms with Gasteiger partial charge >= 0.3 is 0 Å². The Hall–Kier alpha value is -3.65. The Morgan fingerprint density at radius 1 is 1.10 bits per heavy atom. The molecule has 1 N–H and O–H groups in total. The zero-order valence-electron chi connectivity index (χ0n) is 16.4. The van der Waals surface area contributed by atoms with Crippen LogP contribution >= 0.6 is 11.8 Å². The van der Waals surface area contributed by atoms with Crippen LogP contribution in [0.3, 0.4) is 0 Å². The van der Waals surface area contributed by atoms with Crippen LogP contribution < -0.4 is 5.32 Å². The lowest BCUT2D eigenvalue weighted by atomic mass is 10.0. The number of hydrogen-bond acceptors (Lipinski definition) is 7. The first-order valence-electron chi connectivity index (χ1n) is 9.60. The Morgan fingerprint density at radius 2 is 1.90 bits per heavy atom. The molecule has 0 spiro atoms. The topological polar surface area (TPSA) is 102 Å². The second kappa shape index (κ2) is 7.55. The summed E-state index contributed by atoms with van der Waals surface area (Å²) < 4.78 is 11.4. The third kappa shape index (κ3) is 3.66. The molecule has 0 saturated carbocycles. The van der Waals surface area contributed by atoms with Gasteiger partial charge in [-0.05, 0) is 42.8 Å². The average molecular weight is 432 g/mol. The number of furan rings is 1. The predicted molar refractivity (Wildman–Crippen MR) is 115 cm³/mol. The molecule has 1 amide bonds. The number of thioether (sulfide) groups is 1. The molecular formula is C23H16N2O5S. The van der Waals surface area contributed by atoms with Crippen LogP contribution in [0.15, 0.2) is 63.4 Å². The molecule has 1 unspecified atom stereocenters. The number of nitrogens with zero attached hydrogens (tertiary/aromatic N) is 1. The number of rotatable bonds is 5. The first-order valence-corrected chi connectivity index (χ1v) is 10.4. The molecule has 0 bridgehead atoms. The van der Waals surface area contributed by atoms with Crippen molar-refractivity contribution in [2.45, 2.75) is 19.4 Å². The largest absolute Gasteiger partial charge is 0.453 e. The van der Waals surface area contributed by atoms with E-state index < -0.39 is 6.04 Å². The van der Waals surface area contributed by atoms with Crippen molar-refractivity contribution >= 4 is 38.9 Å². The van der Waals surface area contributed by atoms with Gasteiger partial charge < -0.3 is 14.2 Å². The zero-order valence-corrected chi connectivity index (χ0v) is 17.2. The van der Waals surface area contributed by atoms with Crippen molar-refractivity contribution in [3.05, 3.63) is 77.4 Å². The van der Waals surface area contributed by atoms with Gasteiger partial charge in [0.2, 0.25) is 16.8 Å². The summed E-state index contributed by atoms with van der Waals surface area (Å²) in [7, 11) is 0. The van der Waals surface area contributed by atoms with Crippen LogP contribution in [0.5, 0.6) is 0 Å². The highest BCUT2D eigenvalue weighted by atomic mass is 32.2. The molecule has 1 aliphatic heterocycles. The molecule has 5 rings (SSSR count). The van der Waals surface area contributed by atoms with Crippen LogP contribution in [0.25, 0.3) is 22.4 Å². The van der Waals surface area contributed by atoms with Crippen molar-refractivity contribution in [1.29, 1.82) is 0 Å². The standard InChI is InChI=1S/C23H16N2O5S/c1-12-19(25-21(29-12)14-5-3-2-4-6-14)20(26)18-11-15-9-13(7-8-17(15)30-18)10-16-22(27)31-23(28)24-16/h2-9,11,16H,10H2,1H3,(H,24,28). The Balaban J connectivity index is 1.42. The summed E-state index contributed by atoms with van der Waals surface area (Å²) in [6.45, 7) is 1.69. The number of hydrogen-bond donors (Lipinski definition) is 1. The zero-order chi connectivity index (χ0) is 21.5. The minimum Gasteiger partial charge on any atom is -0.453 e. The van der Waals surface area contributed by atoms with Crippen molar-refractivity contribution < 1.29 is 23.2 Å². The molecule has 1 atom stereocenters. The summed E-state index contributed by atoms with van der Waals surface area (Å²) in [6.07, 6.45) is 0.380. The van der Waals surface area contributed by atoms with Crippen molar-refractivity contribution in [3.63, 3.8) is 0 Å². The van der Waals surface area contributed by atoms with Crippen LogP contribution in [0.1, 0.15) is 27.6 Å². The number of amides is 1. The minimum atomic E-state index is -0.544. The van der Waals surface area contributed by atoms with Gasteiger partial charge in [0, 0.05) is 29.1 Å². The summed E-state index contributed by atoms with van der Waals surface area (Å²) in [5.74, 6) is 0.582. The van der Waals surface area contributed by atoms with Crippen molar-refractivity contribution in [2.24, 2.45) is 0 Å². The van der Waals surface area contributed by atoms with E-state index in [1.807, 2.05) is 42.5 Å². The number of benzene rings is 2.